The molecule has 0 aromatic heterocycles. The van der Waals surface area contributed by atoms with Gasteiger partial charge in [0.05, 0.1) is 0 Å². The van der Waals surface area contributed by atoms with Crippen molar-refractivity contribution < 1.29 is 9.59 Å². The fourth-order valence-electron chi connectivity index (χ4n) is 1.65. The fraction of sp³-hybridized carbons (Fsp3) is 0.429. The molecule has 1 aromatic rings. The van der Waals surface area contributed by atoms with Crippen molar-refractivity contribution in [1.82, 2.24) is 10.6 Å². The van der Waals surface area contributed by atoms with E-state index in [1.54, 1.807) is 24.3 Å². The van der Waals surface area contributed by atoms with E-state index in [4.69, 9.17) is 0 Å². The second-order valence-corrected chi connectivity index (χ2v) is 4.71. The molecule has 1 aliphatic carbocycles. The molecule has 0 unspecified atom stereocenters. The quantitative estimate of drug-likeness (QED) is 0.759. The Bertz CT molecular complexity index is 470. The van der Waals surface area contributed by atoms with E-state index >= 15 is 0 Å². The highest BCUT2D eigenvalue weighted by Gasteiger charge is 2.23. The first-order valence-corrected chi connectivity index (χ1v) is 6.65. The van der Waals surface area contributed by atoms with Gasteiger partial charge in [-0.25, -0.2) is 4.79 Å². The molecule has 2 rings (SSSR count). The first-order chi connectivity index (χ1) is 9.19. The lowest BCUT2D eigenvalue weighted by atomic mass is 10.2. The summed E-state index contributed by atoms with van der Waals surface area (Å²) >= 11 is 0. The van der Waals surface area contributed by atoms with Crippen LogP contribution in [0.5, 0.6) is 0 Å². The topological polar surface area (TPSA) is 70.2 Å². The molecular formula is C14H19N3O2. The monoisotopic (exact) mass is 261 g/mol. The van der Waals surface area contributed by atoms with Crippen molar-refractivity contribution in [2.75, 3.05) is 11.9 Å². The highest BCUT2D eigenvalue weighted by Crippen LogP contribution is 2.20. The average molecular weight is 261 g/mol. The lowest BCUT2D eigenvalue weighted by Gasteiger charge is -2.08. The Morgan fingerprint density at radius 2 is 2.11 bits per heavy atom. The Balaban J connectivity index is 1.93. The molecule has 3 N–H and O–H groups in total. The highest BCUT2D eigenvalue weighted by atomic mass is 16.2. The third-order valence-corrected chi connectivity index (χ3v) is 2.83. The summed E-state index contributed by atoms with van der Waals surface area (Å²) in [6, 6.07) is 7.03. The Labute approximate surface area is 112 Å². The minimum atomic E-state index is -0.249. The van der Waals surface area contributed by atoms with Gasteiger partial charge in [-0.2, -0.15) is 0 Å². The summed E-state index contributed by atoms with van der Waals surface area (Å²) in [5.41, 5.74) is 1.19. The van der Waals surface area contributed by atoms with Crippen molar-refractivity contribution in [3.05, 3.63) is 29.8 Å². The van der Waals surface area contributed by atoms with Crippen molar-refractivity contribution in [3.8, 4) is 0 Å². The molecule has 0 aliphatic heterocycles. The van der Waals surface area contributed by atoms with Crippen LogP contribution in [0.3, 0.4) is 0 Å². The maximum atomic E-state index is 11.9. The van der Waals surface area contributed by atoms with E-state index < -0.39 is 0 Å². The number of urea groups is 1. The van der Waals surface area contributed by atoms with Crippen LogP contribution in [0.4, 0.5) is 10.5 Å². The van der Waals surface area contributed by atoms with Crippen molar-refractivity contribution in [2.24, 2.45) is 0 Å². The van der Waals surface area contributed by atoms with Gasteiger partial charge in [0.1, 0.15) is 0 Å². The van der Waals surface area contributed by atoms with Gasteiger partial charge in [-0.15, -0.1) is 0 Å². The highest BCUT2D eigenvalue weighted by molar-refractivity contribution is 5.97. The van der Waals surface area contributed by atoms with Crippen molar-refractivity contribution in [1.29, 1.82) is 0 Å². The van der Waals surface area contributed by atoms with Crippen LogP contribution < -0.4 is 16.0 Å². The van der Waals surface area contributed by atoms with E-state index in [9.17, 15) is 9.59 Å². The van der Waals surface area contributed by atoms with E-state index in [0.717, 1.165) is 19.3 Å². The molecule has 102 valence electrons. The van der Waals surface area contributed by atoms with Crippen LogP contribution in [0.25, 0.3) is 0 Å². The summed E-state index contributed by atoms with van der Waals surface area (Å²) in [6.07, 6.45) is 3.00. The molecule has 0 radical (unpaired) electrons. The predicted octanol–water partition coefficient (Wildman–Crippen LogP) is 2.11. The molecular weight excluding hydrogens is 242 g/mol. The summed E-state index contributed by atoms with van der Waals surface area (Å²) in [5.74, 6) is -0.0832. The Morgan fingerprint density at radius 3 is 2.79 bits per heavy atom. The molecule has 19 heavy (non-hydrogen) atoms. The number of hydrogen-bond acceptors (Lipinski definition) is 2. The number of benzene rings is 1. The number of nitrogens with one attached hydrogen (secondary N) is 3. The maximum Gasteiger partial charge on any atom is 0.319 e. The number of anilines is 1. The van der Waals surface area contributed by atoms with Crippen molar-refractivity contribution in [2.45, 2.75) is 32.2 Å². The number of amides is 3. The van der Waals surface area contributed by atoms with Gasteiger partial charge in [-0.05, 0) is 37.5 Å². The largest absolute Gasteiger partial charge is 0.349 e. The first kappa shape index (κ1) is 13.4. The number of hydrogen-bond donors (Lipinski definition) is 3. The van der Waals surface area contributed by atoms with Gasteiger partial charge in [0.15, 0.2) is 0 Å². The van der Waals surface area contributed by atoms with Crippen LogP contribution >= 0.6 is 0 Å². The van der Waals surface area contributed by atoms with Crippen LogP contribution in [-0.4, -0.2) is 24.5 Å². The van der Waals surface area contributed by atoms with Gasteiger partial charge in [0.2, 0.25) is 0 Å². The summed E-state index contributed by atoms with van der Waals surface area (Å²) in [4.78, 5) is 23.4. The molecule has 1 aromatic carbocycles. The molecule has 1 fully saturated rings. The molecule has 3 amide bonds. The van der Waals surface area contributed by atoms with Crippen LogP contribution in [0, 0.1) is 0 Å². The Morgan fingerprint density at radius 1 is 1.32 bits per heavy atom. The molecule has 5 heteroatoms. The van der Waals surface area contributed by atoms with E-state index in [1.807, 2.05) is 6.92 Å². The second-order valence-electron chi connectivity index (χ2n) is 4.71. The summed E-state index contributed by atoms with van der Waals surface area (Å²) in [6.45, 7) is 2.62. The minimum Gasteiger partial charge on any atom is -0.349 e. The van der Waals surface area contributed by atoms with Crippen LogP contribution in [0.1, 0.15) is 36.5 Å². The van der Waals surface area contributed by atoms with Gasteiger partial charge >= 0.3 is 6.03 Å². The lowest BCUT2D eigenvalue weighted by molar-refractivity contribution is 0.0951. The van der Waals surface area contributed by atoms with Gasteiger partial charge < -0.3 is 16.0 Å². The smallest absolute Gasteiger partial charge is 0.319 e. The standard InChI is InChI=1S/C14H19N3O2/c1-2-8-15-14(19)17-12-5-3-4-10(9-12)13(18)16-11-6-7-11/h3-5,9,11H,2,6-8H2,1H3,(H,16,18)(H2,15,17,19). The molecule has 0 spiro atoms. The average Bonchev–Trinajstić information content (AvgIpc) is 3.20. The predicted molar refractivity (Wildman–Crippen MR) is 74.2 cm³/mol. The van der Waals surface area contributed by atoms with Gasteiger partial charge in [-0.3, -0.25) is 4.79 Å². The zero-order chi connectivity index (χ0) is 13.7. The number of carbonyl (C=O) groups excluding carboxylic acids is 2. The Hall–Kier alpha value is -2.04. The molecule has 0 atom stereocenters. The number of rotatable bonds is 5. The third kappa shape index (κ3) is 4.28. The fourth-order valence-corrected chi connectivity index (χ4v) is 1.65. The maximum absolute atomic E-state index is 11.9. The van der Waals surface area contributed by atoms with Crippen LogP contribution in [0.2, 0.25) is 0 Å². The minimum absolute atomic E-state index is 0.0832. The molecule has 5 nitrogen and oxygen atoms in total. The van der Waals surface area contributed by atoms with E-state index in [2.05, 4.69) is 16.0 Å². The van der Waals surface area contributed by atoms with Gasteiger partial charge in [-0.1, -0.05) is 13.0 Å². The van der Waals surface area contributed by atoms with Crippen molar-refractivity contribution in [3.63, 3.8) is 0 Å². The SMILES string of the molecule is CCCNC(=O)Nc1cccc(C(=O)NC2CC2)c1. The Kier molecular flexibility index (Phi) is 4.39. The number of carbonyl (C=O) groups is 2. The van der Waals surface area contributed by atoms with Crippen LogP contribution in [-0.2, 0) is 0 Å². The third-order valence-electron chi connectivity index (χ3n) is 2.83. The van der Waals surface area contributed by atoms with Crippen LogP contribution in [0.15, 0.2) is 24.3 Å². The first-order valence-electron chi connectivity index (χ1n) is 6.65. The summed E-state index contributed by atoms with van der Waals surface area (Å²) in [7, 11) is 0. The normalized spacial score (nSPS) is 13.7. The molecule has 0 bridgehead atoms. The zero-order valence-electron chi connectivity index (χ0n) is 11.0. The second kappa shape index (κ2) is 6.22. The van der Waals surface area contributed by atoms with E-state index in [1.165, 1.54) is 0 Å². The lowest BCUT2D eigenvalue weighted by Crippen LogP contribution is -2.29. The van der Waals surface area contributed by atoms with E-state index in [-0.39, 0.29) is 11.9 Å². The van der Waals surface area contributed by atoms with Gasteiger partial charge in [0.25, 0.3) is 5.91 Å². The zero-order valence-corrected chi connectivity index (χ0v) is 11.0. The van der Waals surface area contributed by atoms with Crippen molar-refractivity contribution >= 4 is 17.6 Å². The molecule has 1 aliphatic rings. The summed E-state index contributed by atoms with van der Waals surface area (Å²) in [5, 5.41) is 8.35. The molecule has 0 heterocycles. The molecule has 0 saturated heterocycles. The summed E-state index contributed by atoms with van der Waals surface area (Å²) < 4.78 is 0. The van der Waals surface area contributed by atoms with Gasteiger partial charge in [0, 0.05) is 23.8 Å². The molecule has 1 saturated carbocycles. The van der Waals surface area contributed by atoms with E-state index in [0.29, 0.717) is 23.8 Å².